The third kappa shape index (κ3) is 7.09. The second kappa shape index (κ2) is 9.94. The molecule has 5 N–H and O–H groups in total. The van der Waals surface area contributed by atoms with Gasteiger partial charge in [-0.15, -0.1) is 0 Å². The number of methoxy groups -OCH3 is 1. The van der Waals surface area contributed by atoms with Crippen LogP contribution in [0.25, 0.3) is 0 Å². The molecule has 0 saturated heterocycles. The van der Waals surface area contributed by atoms with Crippen molar-refractivity contribution in [2.45, 2.75) is 6.92 Å². The zero-order valence-electron chi connectivity index (χ0n) is 10.1. The van der Waals surface area contributed by atoms with Gasteiger partial charge < -0.3 is 10.2 Å². The first kappa shape index (κ1) is 18.1. The largest absolute Gasteiger partial charge is 0.463 e. The maximum absolute atomic E-state index is 11.1. The Labute approximate surface area is 104 Å². The topological polar surface area (TPSA) is 130 Å². The van der Waals surface area contributed by atoms with E-state index in [9.17, 15) is 14.4 Å². The molecule has 0 heterocycles. The fourth-order valence-corrected chi connectivity index (χ4v) is 0.800. The summed E-state index contributed by atoms with van der Waals surface area (Å²) in [6.45, 7) is 1.35. The minimum Gasteiger partial charge on any atom is -0.463 e. The highest BCUT2D eigenvalue weighted by atomic mass is 16.5. The summed E-state index contributed by atoms with van der Waals surface area (Å²) in [6.07, 6.45) is 0. The van der Waals surface area contributed by atoms with E-state index in [0.717, 1.165) is 0 Å². The summed E-state index contributed by atoms with van der Waals surface area (Å²) in [5, 5.41) is 0. The number of hydrogen-bond acceptors (Lipinski definition) is 5. The lowest BCUT2D eigenvalue weighted by atomic mass is 10.1. The molecule has 0 aromatic heterocycles. The summed E-state index contributed by atoms with van der Waals surface area (Å²) >= 11 is 0. The van der Waals surface area contributed by atoms with Crippen molar-refractivity contribution in [1.82, 2.24) is 5.43 Å². The lowest BCUT2D eigenvalue weighted by Crippen LogP contribution is -2.26. The monoisotopic (exact) mass is 256 g/mol. The third-order valence-corrected chi connectivity index (χ3v) is 1.61. The molecule has 18 heavy (non-hydrogen) atoms. The highest BCUT2D eigenvalue weighted by Crippen LogP contribution is 2.00. The molecule has 0 atom stereocenters. The van der Waals surface area contributed by atoms with Crippen molar-refractivity contribution >= 4 is 17.7 Å². The molecular formula is C11H16N2O5. The third-order valence-electron chi connectivity index (χ3n) is 1.61. The van der Waals surface area contributed by atoms with Crippen LogP contribution in [0.4, 0.5) is 0 Å². The summed E-state index contributed by atoms with van der Waals surface area (Å²) in [4.78, 5) is 31.4. The molecule has 7 nitrogen and oxygen atoms in total. The minimum absolute atomic E-state index is 0. The van der Waals surface area contributed by atoms with Crippen LogP contribution in [0.5, 0.6) is 0 Å². The van der Waals surface area contributed by atoms with Crippen LogP contribution < -0.4 is 11.3 Å². The van der Waals surface area contributed by atoms with Gasteiger partial charge in [0.05, 0.1) is 7.11 Å². The summed E-state index contributed by atoms with van der Waals surface area (Å²) in [6, 6.07) is 8.29. The molecule has 7 heteroatoms. The molecule has 100 valence electrons. The second-order valence-electron chi connectivity index (χ2n) is 2.89. The molecule has 0 radical (unpaired) electrons. The van der Waals surface area contributed by atoms with Crippen LogP contribution in [0.1, 0.15) is 17.3 Å². The Morgan fingerprint density at radius 1 is 1.17 bits per heavy atom. The number of nitrogens with one attached hydrogen (secondary N) is 1. The SMILES string of the molecule is CC(=O)NN.COC(=O)C(=O)c1ccccc1.O. The van der Waals surface area contributed by atoms with Gasteiger partial charge in [-0.2, -0.15) is 0 Å². The predicted octanol–water partition coefficient (Wildman–Crippen LogP) is -0.786. The van der Waals surface area contributed by atoms with Crippen LogP contribution in [0.15, 0.2) is 30.3 Å². The zero-order chi connectivity index (χ0) is 13.3. The fourth-order valence-electron chi connectivity index (χ4n) is 0.800. The van der Waals surface area contributed by atoms with E-state index in [-0.39, 0.29) is 11.4 Å². The molecule has 1 aromatic rings. The first-order chi connectivity index (χ1) is 8.02. The number of ketones is 1. The molecule has 1 amide bonds. The van der Waals surface area contributed by atoms with Crippen LogP contribution >= 0.6 is 0 Å². The Balaban J connectivity index is 0. The Hall–Kier alpha value is -2.25. The molecule has 0 aliphatic rings. The summed E-state index contributed by atoms with van der Waals surface area (Å²) in [5.41, 5.74) is 2.24. The number of esters is 1. The van der Waals surface area contributed by atoms with Gasteiger partial charge in [-0.25, -0.2) is 10.6 Å². The minimum atomic E-state index is -0.832. The fraction of sp³-hybridized carbons (Fsp3) is 0.182. The number of nitrogens with two attached hydrogens (primary N) is 1. The lowest BCUT2D eigenvalue weighted by Gasteiger charge is -1.96. The molecule has 0 fully saturated rings. The normalized spacial score (nSPS) is 7.94. The number of hydrogen-bond donors (Lipinski definition) is 2. The van der Waals surface area contributed by atoms with E-state index in [1.165, 1.54) is 14.0 Å². The van der Waals surface area contributed by atoms with E-state index in [1.807, 2.05) is 5.43 Å². The number of ether oxygens (including phenoxy) is 1. The summed E-state index contributed by atoms with van der Waals surface area (Å²) in [5.74, 6) is 2.91. The molecule has 1 rings (SSSR count). The summed E-state index contributed by atoms with van der Waals surface area (Å²) in [7, 11) is 1.18. The average Bonchev–Trinajstić information content (AvgIpc) is 2.38. The molecule has 0 aliphatic heterocycles. The standard InChI is InChI=1S/C9H8O3.C2H6N2O.H2O/c1-12-9(11)8(10)7-5-3-2-4-6-7;1-2(5)4-3;/h2-6H,1H3;3H2,1H3,(H,4,5);1H2. The molecule has 1 aromatic carbocycles. The Bertz CT molecular complexity index is 392. The maximum atomic E-state index is 11.1. The van der Waals surface area contributed by atoms with Gasteiger partial charge in [-0.1, -0.05) is 30.3 Å². The van der Waals surface area contributed by atoms with Gasteiger partial charge in [-0.05, 0) is 0 Å². The van der Waals surface area contributed by atoms with Crippen molar-refractivity contribution in [3.8, 4) is 0 Å². The number of rotatable bonds is 2. The first-order valence-corrected chi connectivity index (χ1v) is 4.67. The quantitative estimate of drug-likeness (QED) is 0.179. The number of benzene rings is 1. The number of carbonyl (C=O) groups is 3. The maximum Gasteiger partial charge on any atom is 0.379 e. The highest BCUT2D eigenvalue weighted by Gasteiger charge is 2.14. The number of Topliss-reactive ketones (excluding diaryl/α,β-unsaturated/α-hetero) is 1. The van der Waals surface area contributed by atoms with Gasteiger partial charge in [0.25, 0.3) is 5.78 Å². The second-order valence-corrected chi connectivity index (χ2v) is 2.89. The van der Waals surface area contributed by atoms with Crippen molar-refractivity contribution in [1.29, 1.82) is 0 Å². The molecule has 0 saturated carbocycles. The van der Waals surface area contributed by atoms with Crippen LogP contribution in [0, 0.1) is 0 Å². The number of carbonyl (C=O) groups excluding carboxylic acids is 3. The molecule has 0 spiro atoms. The van der Waals surface area contributed by atoms with Crippen LogP contribution in [-0.2, 0) is 14.3 Å². The molecular weight excluding hydrogens is 240 g/mol. The molecule has 0 aliphatic carbocycles. The highest BCUT2D eigenvalue weighted by molar-refractivity contribution is 6.40. The van der Waals surface area contributed by atoms with Crippen LogP contribution in [0.3, 0.4) is 0 Å². The van der Waals surface area contributed by atoms with Gasteiger partial charge in [0.2, 0.25) is 5.91 Å². The van der Waals surface area contributed by atoms with Crippen molar-refractivity contribution in [2.24, 2.45) is 5.84 Å². The van der Waals surface area contributed by atoms with Crippen molar-refractivity contribution in [3.63, 3.8) is 0 Å². The van der Waals surface area contributed by atoms with Gasteiger partial charge in [-0.3, -0.25) is 15.0 Å². The van der Waals surface area contributed by atoms with E-state index < -0.39 is 11.8 Å². The van der Waals surface area contributed by atoms with Crippen molar-refractivity contribution < 1.29 is 24.6 Å². The zero-order valence-corrected chi connectivity index (χ0v) is 10.1. The van der Waals surface area contributed by atoms with E-state index in [4.69, 9.17) is 0 Å². The summed E-state index contributed by atoms with van der Waals surface area (Å²) < 4.78 is 4.28. The Morgan fingerprint density at radius 2 is 1.61 bits per heavy atom. The van der Waals surface area contributed by atoms with Crippen LogP contribution in [-0.4, -0.2) is 30.2 Å². The van der Waals surface area contributed by atoms with Gasteiger partial charge in [0.1, 0.15) is 0 Å². The Kier molecular flexibility index (Phi) is 10.0. The van der Waals surface area contributed by atoms with Gasteiger partial charge in [0, 0.05) is 12.5 Å². The number of hydrazine groups is 1. The van der Waals surface area contributed by atoms with E-state index in [1.54, 1.807) is 30.3 Å². The van der Waals surface area contributed by atoms with E-state index >= 15 is 0 Å². The first-order valence-electron chi connectivity index (χ1n) is 4.67. The van der Waals surface area contributed by atoms with Gasteiger partial charge >= 0.3 is 5.97 Å². The predicted molar refractivity (Wildman–Crippen MR) is 64.4 cm³/mol. The van der Waals surface area contributed by atoms with Crippen molar-refractivity contribution in [2.75, 3.05) is 7.11 Å². The van der Waals surface area contributed by atoms with Crippen LogP contribution in [0.2, 0.25) is 0 Å². The van der Waals surface area contributed by atoms with Crippen molar-refractivity contribution in [3.05, 3.63) is 35.9 Å². The average molecular weight is 256 g/mol. The molecule has 0 unspecified atom stereocenters. The van der Waals surface area contributed by atoms with Gasteiger partial charge in [0.15, 0.2) is 0 Å². The smallest absolute Gasteiger partial charge is 0.379 e. The van der Waals surface area contributed by atoms with E-state index in [2.05, 4.69) is 10.6 Å². The lowest BCUT2D eigenvalue weighted by molar-refractivity contribution is -0.135. The number of amides is 1. The Morgan fingerprint density at radius 3 is 1.94 bits per heavy atom. The molecule has 0 bridgehead atoms. The van der Waals surface area contributed by atoms with E-state index in [0.29, 0.717) is 5.56 Å².